The van der Waals surface area contributed by atoms with Crippen LogP contribution in [0.4, 0.5) is 0 Å². The molecule has 120 valence electrons. The van der Waals surface area contributed by atoms with E-state index in [1.807, 2.05) is 13.1 Å². The number of likely N-dealkylation sites (N-methyl/N-ethyl adjacent to an activating group) is 1. The van der Waals surface area contributed by atoms with Crippen LogP contribution in [0, 0.1) is 13.8 Å². The van der Waals surface area contributed by atoms with Crippen molar-refractivity contribution in [2.45, 2.75) is 59.1 Å². The third-order valence-corrected chi connectivity index (χ3v) is 3.95. The van der Waals surface area contributed by atoms with E-state index in [1.165, 1.54) is 0 Å². The lowest BCUT2D eigenvalue weighted by atomic mass is 9.98. The van der Waals surface area contributed by atoms with E-state index in [-0.39, 0.29) is 12.1 Å². The Morgan fingerprint density at radius 2 is 1.95 bits per heavy atom. The predicted molar refractivity (Wildman–Crippen MR) is 87.1 cm³/mol. The van der Waals surface area contributed by atoms with Gasteiger partial charge in [-0.15, -0.1) is 0 Å². The zero-order valence-electron chi connectivity index (χ0n) is 14.3. The molecule has 4 nitrogen and oxygen atoms in total. The third-order valence-electron chi connectivity index (χ3n) is 3.95. The number of rotatable bonds is 9. The standard InChI is InChI=1S/C17H30N2O2/c1-7-9-16(20-5)15(18-8-2)10-14-13(4)17(21-6)12(3)11-19-14/h11,15-16,18H,7-10H2,1-6H3. The zero-order chi connectivity index (χ0) is 15.8. The van der Waals surface area contributed by atoms with Crippen LogP contribution in [0.5, 0.6) is 5.75 Å². The number of aromatic nitrogens is 1. The van der Waals surface area contributed by atoms with Crippen LogP contribution in [0.25, 0.3) is 0 Å². The summed E-state index contributed by atoms with van der Waals surface area (Å²) in [5.41, 5.74) is 3.30. The maximum Gasteiger partial charge on any atom is 0.128 e. The van der Waals surface area contributed by atoms with Crippen LogP contribution in [0.2, 0.25) is 0 Å². The fourth-order valence-corrected chi connectivity index (χ4v) is 2.85. The minimum atomic E-state index is 0.212. The average Bonchev–Trinajstić information content (AvgIpc) is 2.47. The summed E-state index contributed by atoms with van der Waals surface area (Å²) in [6, 6.07) is 0.276. The molecule has 0 saturated carbocycles. The first-order chi connectivity index (χ1) is 10.1. The van der Waals surface area contributed by atoms with Crippen molar-refractivity contribution in [2.24, 2.45) is 0 Å². The molecule has 1 N–H and O–H groups in total. The second kappa shape index (κ2) is 9.00. The molecule has 0 aromatic carbocycles. The van der Waals surface area contributed by atoms with Crippen molar-refractivity contribution in [1.82, 2.24) is 10.3 Å². The summed E-state index contributed by atoms with van der Waals surface area (Å²) in [4.78, 5) is 4.61. The van der Waals surface area contributed by atoms with Crippen molar-refractivity contribution in [1.29, 1.82) is 0 Å². The first-order valence-electron chi connectivity index (χ1n) is 7.84. The molecule has 1 heterocycles. The summed E-state index contributed by atoms with van der Waals surface area (Å²) in [7, 11) is 3.51. The van der Waals surface area contributed by atoms with Crippen LogP contribution in [0.3, 0.4) is 0 Å². The molecule has 0 aliphatic rings. The van der Waals surface area contributed by atoms with Crippen molar-refractivity contribution in [3.8, 4) is 5.75 Å². The molecule has 2 unspecified atom stereocenters. The SMILES string of the molecule is CCCC(OC)C(Cc1ncc(C)c(OC)c1C)NCC. The largest absolute Gasteiger partial charge is 0.496 e. The number of hydrogen-bond donors (Lipinski definition) is 1. The first-order valence-corrected chi connectivity index (χ1v) is 7.84. The molecule has 0 radical (unpaired) electrons. The molecule has 1 rings (SSSR count). The van der Waals surface area contributed by atoms with Crippen LogP contribution in [-0.4, -0.2) is 37.9 Å². The Labute approximate surface area is 129 Å². The second-order valence-corrected chi connectivity index (χ2v) is 5.48. The maximum atomic E-state index is 5.68. The molecule has 0 fully saturated rings. The minimum Gasteiger partial charge on any atom is -0.496 e. The Hall–Kier alpha value is -1.13. The van der Waals surface area contributed by atoms with Crippen LogP contribution in [0.15, 0.2) is 6.20 Å². The number of nitrogens with one attached hydrogen (secondary N) is 1. The number of hydrogen-bond acceptors (Lipinski definition) is 4. The molecule has 21 heavy (non-hydrogen) atoms. The van der Waals surface area contributed by atoms with Crippen molar-refractivity contribution in [2.75, 3.05) is 20.8 Å². The van der Waals surface area contributed by atoms with Gasteiger partial charge in [-0.25, -0.2) is 0 Å². The normalized spacial score (nSPS) is 14.0. The summed E-state index contributed by atoms with van der Waals surface area (Å²) < 4.78 is 11.2. The van der Waals surface area contributed by atoms with Gasteiger partial charge in [-0.05, 0) is 26.8 Å². The molecular weight excluding hydrogens is 264 g/mol. The Morgan fingerprint density at radius 1 is 1.24 bits per heavy atom. The topological polar surface area (TPSA) is 43.4 Å². The summed E-state index contributed by atoms with van der Waals surface area (Å²) in [6.07, 6.45) is 5.13. The van der Waals surface area contributed by atoms with Gasteiger partial charge in [0.2, 0.25) is 0 Å². The molecule has 1 aromatic heterocycles. The highest BCUT2D eigenvalue weighted by atomic mass is 16.5. The Balaban J connectivity index is 2.98. The van der Waals surface area contributed by atoms with Gasteiger partial charge in [0.25, 0.3) is 0 Å². The molecule has 0 amide bonds. The summed E-state index contributed by atoms with van der Waals surface area (Å²) >= 11 is 0. The highest BCUT2D eigenvalue weighted by Gasteiger charge is 2.22. The van der Waals surface area contributed by atoms with Gasteiger partial charge >= 0.3 is 0 Å². The Bertz CT molecular complexity index is 435. The van der Waals surface area contributed by atoms with Gasteiger partial charge in [0, 0.05) is 42.6 Å². The zero-order valence-corrected chi connectivity index (χ0v) is 14.3. The number of aryl methyl sites for hydroxylation is 1. The van der Waals surface area contributed by atoms with Gasteiger partial charge in [0.15, 0.2) is 0 Å². The molecule has 4 heteroatoms. The number of nitrogens with zero attached hydrogens (tertiary/aromatic N) is 1. The summed E-state index contributed by atoms with van der Waals surface area (Å²) in [5.74, 6) is 0.944. The molecular formula is C17H30N2O2. The molecule has 1 aromatic rings. The van der Waals surface area contributed by atoms with Gasteiger partial charge in [0.1, 0.15) is 5.75 Å². The molecule has 0 saturated heterocycles. The molecule has 0 aliphatic heterocycles. The lowest BCUT2D eigenvalue weighted by Crippen LogP contribution is -2.42. The second-order valence-electron chi connectivity index (χ2n) is 5.48. The van der Waals surface area contributed by atoms with Crippen molar-refractivity contribution in [3.63, 3.8) is 0 Å². The first kappa shape index (κ1) is 17.9. The van der Waals surface area contributed by atoms with Crippen molar-refractivity contribution < 1.29 is 9.47 Å². The van der Waals surface area contributed by atoms with Crippen LogP contribution in [0.1, 0.15) is 43.5 Å². The lowest BCUT2D eigenvalue weighted by molar-refractivity contribution is 0.0610. The van der Waals surface area contributed by atoms with E-state index in [1.54, 1.807) is 14.2 Å². The number of ether oxygens (including phenoxy) is 2. The predicted octanol–water partition coefficient (Wildman–Crippen LogP) is 3.04. The Kier molecular flexibility index (Phi) is 7.68. The molecule has 0 aliphatic carbocycles. The smallest absolute Gasteiger partial charge is 0.128 e. The van der Waals surface area contributed by atoms with Crippen molar-refractivity contribution in [3.05, 3.63) is 23.0 Å². The van der Waals surface area contributed by atoms with E-state index in [0.717, 1.165) is 48.4 Å². The van der Waals surface area contributed by atoms with E-state index in [4.69, 9.17) is 9.47 Å². The van der Waals surface area contributed by atoms with Gasteiger partial charge in [-0.1, -0.05) is 20.3 Å². The lowest BCUT2D eigenvalue weighted by Gasteiger charge is -2.27. The van der Waals surface area contributed by atoms with Gasteiger partial charge in [-0.2, -0.15) is 0 Å². The van der Waals surface area contributed by atoms with Crippen LogP contribution < -0.4 is 10.1 Å². The van der Waals surface area contributed by atoms with Crippen molar-refractivity contribution >= 4 is 0 Å². The van der Waals surface area contributed by atoms with E-state index in [0.29, 0.717) is 0 Å². The highest BCUT2D eigenvalue weighted by Crippen LogP contribution is 2.25. The maximum absolute atomic E-state index is 5.68. The number of methoxy groups -OCH3 is 2. The third kappa shape index (κ3) is 4.68. The van der Waals surface area contributed by atoms with Gasteiger partial charge in [-0.3, -0.25) is 4.98 Å². The van der Waals surface area contributed by atoms with Gasteiger partial charge in [0.05, 0.1) is 13.2 Å². The van der Waals surface area contributed by atoms with Crippen LogP contribution >= 0.6 is 0 Å². The van der Waals surface area contributed by atoms with E-state index >= 15 is 0 Å². The minimum absolute atomic E-state index is 0.212. The summed E-state index contributed by atoms with van der Waals surface area (Å²) in [5, 5.41) is 3.54. The highest BCUT2D eigenvalue weighted by molar-refractivity contribution is 5.41. The quantitative estimate of drug-likeness (QED) is 0.760. The monoisotopic (exact) mass is 294 g/mol. The fraction of sp³-hybridized carbons (Fsp3) is 0.706. The Morgan fingerprint density at radius 3 is 2.48 bits per heavy atom. The summed E-state index contributed by atoms with van der Waals surface area (Å²) in [6.45, 7) is 9.35. The van der Waals surface area contributed by atoms with E-state index < -0.39 is 0 Å². The molecule has 0 spiro atoms. The fourth-order valence-electron chi connectivity index (χ4n) is 2.85. The van der Waals surface area contributed by atoms with Crippen LogP contribution in [-0.2, 0) is 11.2 Å². The molecule has 0 bridgehead atoms. The number of pyridine rings is 1. The average molecular weight is 294 g/mol. The van der Waals surface area contributed by atoms with E-state index in [2.05, 4.69) is 31.1 Å². The van der Waals surface area contributed by atoms with Gasteiger partial charge < -0.3 is 14.8 Å². The molecule has 2 atom stereocenters. The van der Waals surface area contributed by atoms with E-state index in [9.17, 15) is 0 Å².